The molecule has 1 aromatic heterocycles. The van der Waals surface area contributed by atoms with Gasteiger partial charge in [-0.15, -0.1) is 0 Å². The Labute approximate surface area is 106 Å². The second kappa shape index (κ2) is 4.72. The summed E-state index contributed by atoms with van der Waals surface area (Å²) in [6.07, 6.45) is 7.13. The highest BCUT2D eigenvalue weighted by Crippen LogP contribution is 2.40. The number of fused-ring (bicyclic) bond motifs is 1. The van der Waals surface area contributed by atoms with E-state index in [0.29, 0.717) is 18.5 Å². The Bertz CT molecular complexity index is 418. The lowest BCUT2D eigenvalue weighted by molar-refractivity contribution is -0.143. The van der Waals surface area contributed by atoms with E-state index in [1.165, 1.54) is 19.3 Å². The van der Waals surface area contributed by atoms with Crippen molar-refractivity contribution in [2.24, 2.45) is 5.92 Å². The summed E-state index contributed by atoms with van der Waals surface area (Å²) >= 11 is 0. The van der Waals surface area contributed by atoms with E-state index in [0.717, 1.165) is 18.6 Å². The van der Waals surface area contributed by atoms with Crippen LogP contribution in [0.4, 0.5) is 0 Å². The van der Waals surface area contributed by atoms with Crippen LogP contribution >= 0.6 is 0 Å². The summed E-state index contributed by atoms with van der Waals surface area (Å²) in [5.74, 6) is 0.596. The molecular formula is C13H18N2O3. The van der Waals surface area contributed by atoms with Crippen LogP contribution in [0.15, 0.2) is 16.8 Å². The van der Waals surface area contributed by atoms with Crippen molar-refractivity contribution in [3.05, 3.63) is 18.0 Å². The highest BCUT2D eigenvalue weighted by Gasteiger charge is 2.45. The maximum atomic E-state index is 11.4. The zero-order chi connectivity index (χ0) is 12.5. The molecule has 0 amide bonds. The summed E-state index contributed by atoms with van der Waals surface area (Å²) in [5, 5.41) is 13.1. The molecule has 0 bridgehead atoms. The van der Waals surface area contributed by atoms with Gasteiger partial charge in [0.05, 0.1) is 12.7 Å². The van der Waals surface area contributed by atoms with Crippen LogP contribution in [0.3, 0.4) is 0 Å². The van der Waals surface area contributed by atoms with Crippen LogP contribution in [-0.4, -0.2) is 33.2 Å². The molecule has 0 unspecified atom stereocenters. The third kappa shape index (κ3) is 2.03. The molecule has 1 aliphatic carbocycles. The van der Waals surface area contributed by atoms with E-state index >= 15 is 0 Å². The van der Waals surface area contributed by atoms with Gasteiger partial charge in [0, 0.05) is 12.1 Å². The molecule has 98 valence electrons. The number of carboxylic acid groups (broad SMARTS) is 1. The van der Waals surface area contributed by atoms with Crippen molar-refractivity contribution in [3.8, 4) is 0 Å². The van der Waals surface area contributed by atoms with E-state index in [1.807, 2.05) is 6.07 Å². The lowest BCUT2D eigenvalue weighted by atomic mass is 9.85. The molecule has 1 saturated heterocycles. The van der Waals surface area contributed by atoms with Crippen LogP contribution in [0.2, 0.25) is 0 Å². The zero-order valence-electron chi connectivity index (χ0n) is 10.3. The van der Waals surface area contributed by atoms with E-state index in [2.05, 4.69) is 10.1 Å². The third-order valence-electron chi connectivity index (χ3n) is 4.34. The number of rotatable bonds is 3. The molecule has 2 aliphatic rings. The summed E-state index contributed by atoms with van der Waals surface area (Å²) in [7, 11) is 0. The van der Waals surface area contributed by atoms with Gasteiger partial charge in [0.1, 0.15) is 6.04 Å². The Morgan fingerprint density at radius 3 is 3.06 bits per heavy atom. The van der Waals surface area contributed by atoms with Crippen LogP contribution in [-0.2, 0) is 11.3 Å². The molecule has 18 heavy (non-hydrogen) atoms. The zero-order valence-corrected chi connectivity index (χ0v) is 10.3. The first kappa shape index (κ1) is 11.7. The molecule has 1 aromatic rings. The minimum atomic E-state index is -0.705. The normalized spacial score (nSPS) is 32.3. The molecule has 5 nitrogen and oxygen atoms in total. The fraction of sp³-hybridized carbons (Fsp3) is 0.692. The molecule has 0 aromatic carbocycles. The second-order valence-corrected chi connectivity index (χ2v) is 5.35. The molecular weight excluding hydrogens is 232 g/mol. The highest BCUT2D eigenvalue weighted by molar-refractivity contribution is 5.74. The van der Waals surface area contributed by atoms with Gasteiger partial charge >= 0.3 is 5.97 Å². The van der Waals surface area contributed by atoms with E-state index in [-0.39, 0.29) is 6.04 Å². The molecule has 2 fully saturated rings. The Hall–Kier alpha value is -1.36. The van der Waals surface area contributed by atoms with Gasteiger partial charge in [-0.3, -0.25) is 9.69 Å². The van der Waals surface area contributed by atoms with Gasteiger partial charge in [0.15, 0.2) is 5.76 Å². The Morgan fingerprint density at radius 2 is 2.33 bits per heavy atom. The van der Waals surface area contributed by atoms with E-state index in [4.69, 9.17) is 4.52 Å². The van der Waals surface area contributed by atoms with E-state index < -0.39 is 5.97 Å². The van der Waals surface area contributed by atoms with Crippen molar-refractivity contribution in [1.29, 1.82) is 0 Å². The average Bonchev–Trinajstić information content (AvgIpc) is 2.98. The Balaban J connectivity index is 1.80. The smallest absolute Gasteiger partial charge is 0.320 e. The molecule has 0 radical (unpaired) electrons. The first-order valence-corrected chi connectivity index (χ1v) is 6.64. The van der Waals surface area contributed by atoms with Gasteiger partial charge in [-0.2, -0.15) is 0 Å². The number of nitrogens with zero attached hydrogens (tertiary/aromatic N) is 2. The Kier molecular flexibility index (Phi) is 3.07. The van der Waals surface area contributed by atoms with Gasteiger partial charge in [-0.05, 0) is 25.2 Å². The van der Waals surface area contributed by atoms with Crippen LogP contribution in [0.5, 0.6) is 0 Å². The highest BCUT2D eigenvalue weighted by atomic mass is 16.5. The summed E-state index contributed by atoms with van der Waals surface area (Å²) in [5.41, 5.74) is 0. The van der Waals surface area contributed by atoms with Crippen molar-refractivity contribution in [2.45, 2.75) is 50.7 Å². The predicted octanol–water partition coefficient (Wildman–Crippen LogP) is 1.89. The lowest BCUT2D eigenvalue weighted by Crippen LogP contribution is -2.41. The van der Waals surface area contributed by atoms with Gasteiger partial charge in [-0.25, -0.2) is 0 Å². The molecule has 3 atom stereocenters. The van der Waals surface area contributed by atoms with Crippen LogP contribution in [0.25, 0.3) is 0 Å². The standard InChI is InChI=1S/C13H18N2O3/c16-13(17)12-7-9-3-1-2-4-11(9)15(12)8-10-5-6-14-18-10/h5-6,9,11-12H,1-4,7-8H2,(H,16,17)/t9-,11-,12+/m1/s1. The summed E-state index contributed by atoms with van der Waals surface area (Å²) in [6.45, 7) is 0.568. The molecule has 1 saturated carbocycles. The predicted molar refractivity (Wildman–Crippen MR) is 63.8 cm³/mol. The average molecular weight is 250 g/mol. The van der Waals surface area contributed by atoms with Gasteiger partial charge < -0.3 is 9.63 Å². The first-order chi connectivity index (χ1) is 8.75. The number of hydrogen-bond donors (Lipinski definition) is 1. The summed E-state index contributed by atoms with van der Waals surface area (Å²) in [4.78, 5) is 13.5. The minimum absolute atomic E-state index is 0.358. The molecule has 1 aliphatic heterocycles. The minimum Gasteiger partial charge on any atom is -0.480 e. The number of likely N-dealkylation sites (tertiary alicyclic amines) is 1. The lowest BCUT2D eigenvalue weighted by Gasteiger charge is -2.32. The van der Waals surface area contributed by atoms with E-state index in [9.17, 15) is 9.90 Å². The maximum absolute atomic E-state index is 11.4. The van der Waals surface area contributed by atoms with Crippen molar-refractivity contribution in [3.63, 3.8) is 0 Å². The quantitative estimate of drug-likeness (QED) is 0.887. The van der Waals surface area contributed by atoms with E-state index in [1.54, 1.807) is 6.20 Å². The van der Waals surface area contributed by atoms with Crippen molar-refractivity contribution >= 4 is 5.97 Å². The number of hydrogen-bond acceptors (Lipinski definition) is 4. The largest absolute Gasteiger partial charge is 0.480 e. The van der Waals surface area contributed by atoms with Gasteiger partial charge in [0.2, 0.25) is 0 Å². The fourth-order valence-electron chi connectivity index (χ4n) is 3.53. The van der Waals surface area contributed by atoms with Crippen LogP contribution < -0.4 is 0 Å². The number of carbonyl (C=O) groups is 1. The molecule has 3 rings (SSSR count). The maximum Gasteiger partial charge on any atom is 0.320 e. The molecule has 1 N–H and O–H groups in total. The second-order valence-electron chi connectivity index (χ2n) is 5.35. The van der Waals surface area contributed by atoms with Crippen LogP contribution in [0.1, 0.15) is 37.9 Å². The number of aliphatic carboxylic acids is 1. The summed E-state index contributed by atoms with van der Waals surface area (Å²) in [6, 6.07) is 1.86. The van der Waals surface area contributed by atoms with Gasteiger partial charge in [0.25, 0.3) is 0 Å². The van der Waals surface area contributed by atoms with Crippen molar-refractivity contribution in [2.75, 3.05) is 0 Å². The van der Waals surface area contributed by atoms with Crippen molar-refractivity contribution < 1.29 is 14.4 Å². The number of carboxylic acids is 1. The van der Waals surface area contributed by atoms with Crippen LogP contribution in [0, 0.1) is 5.92 Å². The summed E-state index contributed by atoms with van der Waals surface area (Å²) < 4.78 is 5.12. The van der Waals surface area contributed by atoms with Gasteiger partial charge in [-0.1, -0.05) is 18.0 Å². The SMILES string of the molecule is O=C(O)[C@@H]1C[C@H]2CCCC[C@H]2N1Cc1ccno1. The monoisotopic (exact) mass is 250 g/mol. The third-order valence-corrected chi connectivity index (χ3v) is 4.34. The molecule has 2 heterocycles. The number of aromatic nitrogens is 1. The molecule has 5 heteroatoms. The Morgan fingerprint density at radius 1 is 1.50 bits per heavy atom. The molecule has 0 spiro atoms. The topological polar surface area (TPSA) is 66.6 Å². The van der Waals surface area contributed by atoms with Crippen molar-refractivity contribution in [1.82, 2.24) is 10.1 Å². The fourth-order valence-corrected chi connectivity index (χ4v) is 3.53. The first-order valence-electron chi connectivity index (χ1n) is 6.64.